The van der Waals surface area contributed by atoms with E-state index in [2.05, 4.69) is 25.7 Å². The quantitative estimate of drug-likeness (QED) is 0.0247. The fourth-order valence-electron chi connectivity index (χ4n) is 7.83. The molecule has 3 aromatic carbocycles. The number of unbranched alkanes of at least 4 members (excludes halogenated alkanes) is 3. The minimum Gasteiger partial charge on any atom is -0.497 e. The summed E-state index contributed by atoms with van der Waals surface area (Å²) in [5, 5.41) is 27.2. The van der Waals surface area contributed by atoms with Gasteiger partial charge in [-0.05, 0) is 108 Å². The number of carbonyl (C=O) groups is 3. The van der Waals surface area contributed by atoms with E-state index in [0.717, 1.165) is 53.0 Å². The van der Waals surface area contributed by atoms with Crippen molar-refractivity contribution in [2.75, 3.05) is 42.8 Å². The van der Waals surface area contributed by atoms with E-state index in [1.165, 1.54) is 18.2 Å². The van der Waals surface area contributed by atoms with E-state index in [0.29, 0.717) is 87.1 Å². The maximum Gasteiger partial charge on any atom is 0.356 e. The summed E-state index contributed by atoms with van der Waals surface area (Å²) in [5.74, 6) is -0.299. The average molecular weight is 876 g/mol. The molecule has 0 radical (unpaired) electrons. The summed E-state index contributed by atoms with van der Waals surface area (Å²) in [6, 6.07) is 19.7. The number of anilines is 3. The molecule has 0 aliphatic rings. The summed E-state index contributed by atoms with van der Waals surface area (Å²) in [6.45, 7) is 10.4. The molecule has 0 fully saturated rings. The van der Waals surface area contributed by atoms with Crippen molar-refractivity contribution < 1.29 is 28.8 Å². The number of imidazole rings is 1. The molecule has 3 aromatic heterocycles. The highest BCUT2D eigenvalue weighted by molar-refractivity contribution is 6.03. The zero-order valence-corrected chi connectivity index (χ0v) is 37.3. The third kappa shape index (κ3) is 10.9. The van der Waals surface area contributed by atoms with Gasteiger partial charge in [-0.15, -0.1) is 0 Å². The van der Waals surface area contributed by atoms with Crippen molar-refractivity contribution in [3.63, 3.8) is 0 Å². The van der Waals surface area contributed by atoms with Gasteiger partial charge in [0.2, 0.25) is 11.9 Å². The number of aryl methyl sites for hydroxylation is 5. The van der Waals surface area contributed by atoms with Gasteiger partial charge in [0.05, 0.1) is 41.2 Å². The van der Waals surface area contributed by atoms with E-state index in [-0.39, 0.29) is 28.8 Å². The van der Waals surface area contributed by atoms with Gasteiger partial charge in [0.25, 0.3) is 11.6 Å². The highest BCUT2D eigenvalue weighted by Gasteiger charge is 2.24. The van der Waals surface area contributed by atoms with Crippen molar-refractivity contribution in [1.82, 2.24) is 29.1 Å². The van der Waals surface area contributed by atoms with Gasteiger partial charge < -0.3 is 30.0 Å². The van der Waals surface area contributed by atoms with Gasteiger partial charge in [-0.2, -0.15) is 10.2 Å². The lowest BCUT2D eigenvalue weighted by molar-refractivity contribution is -0.384. The molecule has 6 aromatic rings. The molecule has 338 valence electrons. The molecule has 0 saturated heterocycles. The Labute approximate surface area is 371 Å². The number of nitro benzene ring substituents is 1. The van der Waals surface area contributed by atoms with Gasteiger partial charge >= 0.3 is 5.97 Å². The number of methoxy groups -OCH3 is 1. The molecule has 0 unspecified atom stereocenters. The summed E-state index contributed by atoms with van der Waals surface area (Å²) in [5.41, 5.74) is 12.3. The van der Waals surface area contributed by atoms with Crippen LogP contribution in [0.1, 0.15) is 99.8 Å². The number of nitrogens with zero attached hydrogens (tertiary/aromatic N) is 8. The standard InChI is InChI=1S/C46H57N11O7/c1-7-55-42(45(60)64-8-2)35(31(4)52-55)15-10-9-12-26-56-40(27-30(3)51-56)44(59)50-46-49-41-37(53(5)29-32-18-21-34(63-6)22-19-32)16-14-17-38(41)54(46)25-13-11-24-48-36-23-20-33(43(47)58)28-39(36)57(61)62/h14,16-23,27-28,48H,7-13,15,24-26,29H2,1-6H3,(H2,47,58)(H,49,50,59). The van der Waals surface area contributed by atoms with Crippen LogP contribution in [0.25, 0.3) is 11.0 Å². The Hall–Kier alpha value is -7.24. The average Bonchev–Trinajstić information content (AvgIpc) is 3.94. The smallest absolute Gasteiger partial charge is 0.356 e. The number of primary amides is 1. The van der Waals surface area contributed by atoms with Gasteiger partial charge in [0.1, 0.15) is 28.3 Å². The number of benzene rings is 3. The summed E-state index contributed by atoms with van der Waals surface area (Å²) >= 11 is 0. The van der Waals surface area contributed by atoms with E-state index < -0.39 is 10.8 Å². The number of amides is 2. The van der Waals surface area contributed by atoms with E-state index in [1.54, 1.807) is 29.5 Å². The molecule has 0 aliphatic heterocycles. The molecular weight excluding hydrogens is 819 g/mol. The molecule has 3 heterocycles. The third-order valence-corrected chi connectivity index (χ3v) is 11.0. The fraction of sp³-hybridized carbons (Fsp3) is 0.391. The monoisotopic (exact) mass is 875 g/mol. The summed E-state index contributed by atoms with van der Waals surface area (Å²) < 4.78 is 16.1. The SMILES string of the molecule is CCOC(=O)c1c(CCCCCn2nc(C)cc2C(=O)Nc2nc3c(N(C)Cc4ccc(OC)cc4)cccc3n2CCCCNc2ccc(C(N)=O)cc2[N+](=O)[O-])c(C)nn1CC. The van der Waals surface area contributed by atoms with Gasteiger partial charge in [-0.1, -0.05) is 24.6 Å². The van der Waals surface area contributed by atoms with Gasteiger partial charge in [0, 0.05) is 57.0 Å². The van der Waals surface area contributed by atoms with Crippen LogP contribution in [0.15, 0.2) is 66.7 Å². The molecular formula is C46H57N11O7. The molecule has 0 atom stereocenters. The molecule has 2 amide bonds. The molecule has 0 bridgehead atoms. The van der Waals surface area contributed by atoms with Crippen LogP contribution < -0.4 is 26.0 Å². The molecule has 6 rings (SSSR count). The predicted octanol–water partition coefficient (Wildman–Crippen LogP) is 7.45. The minimum atomic E-state index is -0.745. The number of para-hydroxylation sites is 1. The molecule has 0 aliphatic carbocycles. The number of nitrogens with two attached hydrogens (primary N) is 1. The lowest BCUT2D eigenvalue weighted by Gasteiger charge is -2.20. The first-order chi connectivity index (χ1) is 30.8. The minimum absolute atomic E-state index is 0.0558. The number of nitro groups is 1. The molecule has 0 saturated carbocycles. The zero-order chi connectivity index (χ0) is 45.9. The molecule has 0 spiro atoms. The van der Waals surface area contributed by atoms with Crippen LogP contribution in [-0.4, -0.2) is 79.1 Å². The molecule has 18 nitrogen and oxygen atoms in total. The van der Waals surface area contributed by atoms with Crippen molar-refractivity contribution >= 4 is 51.8 Å². The number of nitrogens with one attached hydrogen (secondary N) is 2. The Morgan fingerprint density at radius 1 is 0.922 bits per heavy atom. The number of fused-ring (bicyclic) bond motifs is 1. The molecule has 18 heteroatoms. The van der Waals surface area contributed by atoms with Crippen LogP contribution in [0.4, 0.5) is 23.0 Å². The first-order valence-electron chi connectivity index (χ1n) is 21.6. The van der Waals surface area contributed by atoms with Crippen molar-refractivity contribution in [2.45, 2.75) is 92.4 Å². The Kier molecular flexibility index (Phi) is 15.3. The zero-order valence-electron chi connectivity index (χ0n) is 37.3. The lowest BCUT2D eigenvalue weighted by Crippen LogP contribution is -2.20. The van der Waals surface area contributed by atoms with E-state index in [4.69, 9.17) is 20.2 Å². The van der Waals surface area contributed by atoms with Crippen molar-refractivity contribution in [2.24, 2.45) is 5.73 Å². The Bertz CT molecular complexity index is 2610. The van der Waals surface area contributed by atoms with Crippen molar-refractivity contribution in [1.29, 1.82) is 0 Å². The number of carbonyl (C=O) groups excluding carboxylic acids is 3. The maximum absolute atomic E-state index is 14.2. The summed E-state index contributed by atoms with van der Waals surface area (Å²) in [7, 11) is 3.63. The number of esters is 1. The summed E-state index contributed by atoms with van der Waals surface area (Å²) in [6.07, 6.45) is 4.35. The lowest BCUT2D eigenvalue weighted by atomic mass is 10.0. The number of hydrogen-bond donors (Lipinski definition) is 3. The number of aromatic nitrogens is 6. The van der Waals surface area contributed by atoms with Crippen LogP contribution in [0.5, 0.6) is 5.75 Å². The van der Waals surface area contributed by atoms with Crippen LogP contribution in [0.2, 0.25) is 0 Å². The molecule has 64 heavy (non-hydrogen) atoms. The maximum atomic E-state index is 14.2. The Morgan fingerprint density at radius 3 is 2.39 bits per heavy atom. The van der Waals surface area contributed by atoms with Crippen LogP contribution in [-0.2, 0) is 37.3 Å². The van der Waals surface area contributed by atoms with E-state index in [9.17, 15) is 24.5 Å². The largest absolute Gasteiger partial charge is 0.497 e. The fourth-order valence-corrected chi connectivity index (χ4v) is 7.83. The normalized spacial score (nSPS) is 11.2. The van der Waals surface area contributed by atoms with Gasteiger partial charge in [-0.3, -0.25) is 34.4 Å². The number of rotatable bonds is 23. The first kappa shape index (κ1) is 46.3. The topological polar surface area (TPSA) is 220 Å². The Morgan fingerprint density at radius 2 is 1.69 bits per heavy atom. The predicted molar refractivity (Wildman–Crippen MR) is 245 cm³/mol. The van der Waals surface area contributed by atoms with E-state index >= 15 is 0 Å². The number of ether oxygens (including phenoxy) is 2. The van der Waals surface area contributed by atoms with Crippen LogP contribution >= 0.6 is 0 Å². The van der Waals surface area contributed by atoms with Crippen molar-refractivity contribution in [3.8, 4) is 5.75 Å². The first-order valence-corrected chi connectivity index (χ1v) is 21.6. The summed E-state index contributed by atoms with van der Waals surface area (Å²) in [4.78, 5) is 56.9. The number of hydrogen-bond acceptors (Lipinski definition) is 12. The third-order valence-electron chi connectivity index (χ3n) is 11.0. The van der Waals surface area contributed by atoms with Crippen LogP contribution in [0.3, 0.4) is 0 Å². The van der Waals surface area contributed by atoms with E-state index in [1.807, 2.05) is 74.9 Å². The highest BCUT2D eigenvalue weighted by Crippen LogP contribution is 2.31. The second kappa shape index (κ2) is 21.2. The highest BCUT2D eigenvalue weighted by atomic mass is 16.6. The van der Waals surface area contributed by atoms with Crippen molar-refractivity contribution in [3.05, 3.63) is 116 Å². The van der Waals surface area contributed by atoms with Crippen LogP contribution in [0, 0.1) is 24.0 Å². The second-order valence-electron chi connectivity index (χ2n) is 15.5. The Balaban J connectivity index is 1.18. The second-order valence-corrected chi connectivity index (χ2v) is 15.5. The molecule has 4 N–H and O–H groups in total. The van der Waals surface area contributed by atoms with Gasteiger partial charge in [0.15, 0.2) is 0 Å². The van der Waals surface area contributed by atoms with Gasteiger partial charge in [-0.25, -0.2) is 9.78 Å².